The highest BCUT2D eigenvalue weighted by atomic mass is 16.2. The lowest BCUT2D eigenvalue weighted by Crippen LogP contribution is -2.30. The van der Waals surface area contributed by atoms with Crippen LogP contribution in [0.4, 0.5) is 5.69 Å². The van der Waals surface area contributed by atoms with Crippen LogP contribution in [0.5, 0.6) is 0 Å². The highest BCUT2D eigenvalue weighted by Gasteiger charge is 2.39. The first kappa shape index (κ1) is 18.2. The van der Waals surface area contributed by atoms with Gasteiger partial charge < -0.3 is 4.90 Å². The second-order valence-corrected chi connectivity index (χ2v) is 7.39. The standard InChI is InChI=1S/C23H18N4O3/c28-21(26-13-10-17(14-26)15-4-2-1-3-5-15)16-6-8-18(9-7-16)27-22(29)19-20(23(27)30)25-12-11-24-19/h1-9,11-12,17H,10,13-14H2/t17-/m1/s1. The first-order valence-electron chi connectivity index (χ1n) is 9.77. The smallest absolute Gasteiger partial charge is 0.286 e. The molecule has 5 rings (SSSR count). The molecule has 0 aliphatic carbocycles. The lowest BCUT2D eigenvalue weighted by molar-refractivity contribution is 0.0790. The molecule has 7 nitrogen and oxygen atoms in total. The number of hydrogen-bond donors (Lipinski definition) is 0. The average Bonchev–Trinajstić information content (AvgIpc) is 3.38. The van der Waals surface area contributed by atoms with Crippen LogP contribution in [-0.2, 0) is 0 Å². The fourth-order valence-corrected chi connectivity index (χ4v) is 4.07. The minimum absolute atomic E-state index is 0.0478. The maximum absolute atomic E-state index is 12.9. The molecule has 7 heteroatoms. The Morgan fingerprint density at radius 2 is 1.50 bits per heavy atom. The number of hydrogen-bond acceptors (Lipinski definition) is 5. The SMILES string of the molecule is O=C(c1ccc(N2C(=O)c3nccnc3C2=O)cc1)N1CC[C@@H](c2ccccc2)C1. The number of likely N-dealkylation sites (tertiary alicyclic amines) is 1. The number of anilines is 1. The zero-order valence-electron chi connectivity index (χ0n) is 16.1. The van der Waals surface area contributed by atoms with Gasteiger partial charge in [-0.3, -0.25) is 14.4 Å². The Balaban J connectivity index is 1.32. The van der Waals surface area contributed by atoms with Crippen LogP contribution in [0.1, 0.15) is 49.2 Å². The van der Waals surface area contributed by atoms with Crippen molar-refractivity contribution in [2.45, 2.75) is 12.3 Å². The maximum Gasteiger partial charge on any atom is 0.286 e. The molecule has 1 aromatic heterocycles. The number of amides is 3. The first-order chi connectivity index (χ1) is 14.6. The van der Waals surface area contributed by atoms with Gasteiger partial charge in [0, 0.05) is 37.0 Å². The van der Waals surface area contributed by atoms with E-state index in [-0.39, 0.29) is 17.3 Å². The summed E-state index contributed by atoms with van der Waals surface area (Å²) in [4.78, 5) is 48.8. The van der Waals surface area contributed by atoms with E-state index in [1.165, 1.54) is 18.0 Å². The quantitative estimate of drug-likeness (QED) is 0.634. The Morgan fingerprint density at radius 1 is 0.867 bits per heavy atom. The van der Waals surface area contributed by atoms with Crippen LogP contribution >= 0.6 is 0 Å². The van der Waals surface area contributed by atoms with E-state index >= 15 is 0 Å². The Kier molecular flexibility index (Phi) is 4.35. The lowest BCUT2D eigenvalue weighted by Gasteiger charge is -2.18. The van der Waals surface area contributed by atoms with E-state index < -0.39 is 11.8 Å². The number of fused-ring (bicyclic) bond motifs is 1. The summed E-state index contributed by atoms with van der Waals surface area (Å²) in [5.41, 5.74) is 2.26. The van der Waals surface area contributed by atoms with Gasteiger partial charge in [-0.05, 0) is 36.2 Å². The van der Waals surface area contributed by atoms with E-state index in [0.717, 1.165) is 11.3 Å². The Hall–Kier alpha value is -3.87. The Labute approximate surface area is 173 Å². The molecule has 3 amide bonds. The molecule has 0 spiro atoms. The minimum atomic E-state index is -0.507. The molecule has 1 fully saturated rings. The van der Waals surface area contributed by atoms with Crippen molar-refractivity contribution in [3.63, 3.8) is 0 Å². The molecule has 0 N–H and O–H groups in total. The highest BCUT2D eigenvalue weighted by Crippen LogP contribution is 2.29. The predicted octanol–water partition coefficient (Wildman–Crippen LogP) is 2.91. The van der Waals surface area contributed by atoms with Crippen molar-refractivity contribution in [2.24, 2.45) is 0 Å². The van der Waals surface area contributed by atoms with Gasteiger partial charge in [0.25, 0.3) is 17.7 Å². The molecule has 0 radical (unpaired) electrons. The van der Waals surface area contributed by atoms with Crippen LogP contribution in [0.15, 0.2) is 67.0 Å². The fourth-order valence-electron chi connectivity index (χ4n) is 4.07. The van der Waals surface area contributed by atoms with Crippen molar-refractivity contribution < 1.29 is 14.4 Å². The Morgan fingerprint density at radius 3 is 2.13 bits per heavy atom. The molecule has 2 aliphatic rings. The third-order valence-electron chi connectivity index (χ3n) is 5.63. The monoisotopic (exact) mass is 398 g/mol. The summed E-state index contributed by atoms with van der Waals surface area (Å²) >= 11 is 0. The molecule has 0 unspecified atom stereocenters. The topological polar surface area (TPSA) is 83.5 Å². The third-order valence-corrected chi connectivity index (χ3v) is 5.63. The number of benzene rings is 2. The third kappa shape index (κ3) is 2.95. The average molecular weight is 398 g/mol. The normalized spacial score (nSPS) is 18.1. The van der Waals surface area contributed by atoms with E-state index in [1.807, 2.05) is 23.1 Å². The van der Waals surface area contributed by atoms with Gasteiger partial charge in [0.15, 0.2) is 11.4 Å². The largest absolute Gasteiger partial charge is 0.338 e. The molecule has 1 atom stereocenters. The van der Waals surface area contributed by atoms with Crippen LogP contribution in [0.3, 0.4) is 0 Å². The van der Waals surface area contributed by atoms with Gasteiger partial charge in [0.05, 0.1) is 5.69 Å². The lowest BCUT2D eigenvalue weighted by atomic mass is 9.99. The molecular formula is C23H18N4O3. The van der Waals surface area contributed by atoms with E-state index in [4.69, 9.17) is 0 Å². The van der Waals surface area contributed by atoms with Crippen LogP contribution in [0.2, 0.25) is 0 Å². The zero-order valence-corrected chi connectivity index (χ0v) is 16.1. The van der Waals surface area contributed by atoms with Crippen molar-refractivity contribution in [1.82, 2.24) is 14.9 Å². The molecule has 0 saturated carbocycles. The van der Waals surface area contributed by atoms with Gasteiger partial charge in [-0.2, -0.15) is 0 Å². The summed E-state index contributed by atoms with van der Waals surface area (Å²) < 4.78 is 0. The van der Waals surface area contributed by atoms with Gasteiger partial charge in [-0.25, -0.2) is 14.9 Å². The van der Waals surface area contributed by atoms with Crippen LogP contribution < -0.4 is 4.90 Å². The summed E-state index contributed by atoms with van der Waals surface area (Å²) in [7, 11) is 0. The zero-order chi connectivity index (χ0) is 20.7. The number of carbonyl (C=O) groups is 3. The molecule has 3 aromatic rings. The second kappa shape index (κ2) is 7.18. The van der Waals surface area contributed by atoms with E-state index in [2.05, 4.69) is 22.1 Å². The van der Waals surface area contributed by atoms with E-state index in [0.29, 0.717) is 30.3 Å². The minimum Gasteiger partial charge on any atom is -0.338 e. The molecule has 2 aliphatic heterocycles. The molecule has 0 bridgehead atoms. The molecule has 30 heavy (non-hydrogen) atoms. The van der Waals surface area contributed by atoms with Gasteiger partial charge in [-0.15, -0.1) is 0 Å². The number of aromatic nitrogens is 2. The molecule has 3 heterocycles. The summed E-state index contributed by atoms with van der Waals surface area (Å²) in [6.07, 6.45) is 3.70. The Bertz CT molecular complexity index is 1110. The number of carbonyl (C=O) groups excluding carboxylic acids is 3. The van der Waals surface area contributed by atoms with Crippen LogP contribution in [0, 0.1) is 0 Å². The van der Waals surface area contributed by atoms with Gasteiger partial charge in [0.2, 0.25) is 0 Å². The molecule has 148 valence electrons. The highest BCUT2D eigenvalue weighted by molar-refractivity contribution is 6.33. The molecule has 2 aromatic carbocycles. The van der Waals surface area contributed by atoms with Gasteiger partial charge >= 0.3 is 0 Å². The second-order valence-electron chi connectivity index (χ2n) is 7.39. The number of imide groups is 1. The van der Waals surface area contributed by atoms with Crippen molar-refractivity contribution in [3.05, 3.63) is 89.5 Å². The summed E-state index contributed by atoms with van der Waals surface area (Å²) in [6, 6.07) is 16.7. The maximum atomic E-state index is 12.9. The number of nitrogens with zero attached hydrogens (tertiary/aromatic N) is 4. The summed E-state index contributed by atoms with van der Waals surface area (Å²) in [5, 5.41) is 0. The fraction of sp³-hybridized carbons (Fsp3) is 0.174. The van der Waals surface area contributed by atoms with Crippen molar-refractivity contribution >= 4 is 23.4 Å². The summed E-state index contributed by atoms with van der Waals surface area (Å²) in [5.74, 6) is -0.724. The van der Waals surface area contributed by atoms with E-state index in [1.54, 1.807) is 24.3 Å². The van der Waals surface area contributed by atoms with Crippen LogP contribution in [-0.4, -0.2) is 45.7 Å². The number of rotatable bonds is 3. The molecular weight excluding hydrogens is 380 g/mol. The van der Waals surface area contributed by atoms with Gasteiger partial charge in [0.1, 0.15) is 0 Å². The van der Waals surface area contributed by atoms with Crippen molar-refractivity contribution in [1.29, 1.82) is 0 Å². The van der Waals surface area contributed by atoms with Crippen LogP contribution in [0.25, 0.3) is 0 Å². The van der Waals surface area contributed by atoms with Crippen molar-refractivity contribution in [3.8, 4) is 0 Å². The predicted molar refractivity (Wildman–Crippen MR) is 109 cm³/mol. The molecule has 1 saturated heterocycles. The van der Waals surface area contributed by atoms with Crippen molar-refractivity contribution in [2.75, 3.05) is 18.0 Å². The van der Waals surface area contributed by atoms with Gasteiger partial charge in [-0.1, -0.05) is 30.3 Å². The summed E-state index contributed by atoms with van der Waals surface area (Å²) in [6.45, 7) is 1.39. The van der Waals surface area contributed by atoms with E-state index in [9.17, 15) is 14.4 Å². The first-order valence-corrected chi connectivity index (χ1v) is 9.77.